The molecule has 0 amide bonds. The van der Waals surface area contributed by atoms with Gasteiger partial charge in [0.1, 0.15) is 0 Å². The normalized spacial score (nSPS) is 21.1. The van der Waals surface area contributed by atoms with Crippen molar-refractivity contribution in [3.8, 4) is 0 Å². The monoisotopic (exact) mass is 264 g/mol. The zero-order chi connectivity index (χ0) is 12.7. The quantitative estimate of drug-likeness (QED) is 0.747. The van der Waals surface area contributed by atoms with E-state index in [0.717, 1.165) is 25.7 Å². The zero-order valence-corrected chi connectivity index (χ0v) is 11.4. The van der Waals surface area contributed by atoms with Gasteiger partial charge in [-0.3, -0.25) is 0 Å². The van der Waals surface area contributed by atoms with Gasteiger partial charge in [-0.2, -0.15) is 12.7 Å². The average molecular weight is 264 g/mol. The van der Waals surface area contributed by atoms with Crippen molar-refractivity contribution in [1.82, 2.24) is 9.03 Å². The summed E-state index contributed by atoms with van der Waals surface area (Å²) >= 11 is 0. The maximum Gasteiger partial charge on any atom is 0.279 e. The van der Waals surface area contributed by atoms with Crippen LogP contribution in [-0.2, 0) is 10.2 Å². The van der Waals surface area contributed by atoms with Gasteiger partial charge in [0.15, 0.2) is 0 Å². The van der Waals surface area contributed by atoms with Gasteiger partial charge >= 0.3 is 0 Å². The summed E-state index contributed by atoms with van der Waals surface area (Å²) in [6, 6.07) is 0. The molecule has 102 valence electrons. The first-order valence-electron chi connectivity index (χ1n) is 6.49. The average Bonchev–Trinajstić information content (AvgIpc) is 2.57. The Labute approximate surface area is 104 Å². The number of nitrogens with zero attached hydrogens (tertiary/aromatic N) is 1. The minimum absolute atomic E-state index is 0.313. The standard InChI is InChI=1S/C11H24N2O3S/c1-2-11(14)7-8-12-17(15,16)13-9-5-3-4-6-10-13/h11-12,14H,2-10H2,1H3. The lowest BCUT2D eigenvalue weighted by atomic mass is 10.2. The highest BCUT2D eigenvalue weighted by Gasteiger charge is 2.22. The van der Waals surface area contributed by atoms with Gasteiger partial charge in [0.25, 0.3) is 10.2 Å². The molecule has 0 aromatic heterocycles. The van der Waals surface area contributed by atoms with Gasteiger partial charge in [0.2, 0.25) is 0 Å². The summed E-state index contributed by atoms with van der Waals surface area (Å²) in [5.41, 5.74) is 0. The van der Waals surface area contributed by atoms with Gasteiger partial charge in [-0.25, -0.2) is 4.72 Å². The Hall–Kier alpha value is -0.170. The van der Waals surface area contributed by atoms with Crippen LogP contribution in [0.5, 0.6) is 0 Å². The van der Waals surface area contributed by atoms with E-state index in [0.29, 0.717) is 32.5 Å². The molecule has 0 saturated carbocycles. The highest BCUT2D eigenvalue weighted by Crippen LogP contribution is 2.12. The predicted octanol–water partition coefficient (Wildman–Crippen LogP) is 0.858. The first kappa shape index (κ1) is 14.9. The van der Waals surface area contributed by atoms with Crippen molar-refractivity contribution in [3.05, 3.63) is 0 Å². The van der Waals surface area contributed by atoms with Crippen LogP contribution >= 0.6 is 0 Å². The minimum atomic E-state index is -3.34. The van der Waals surface area contributed by atoms with Gasteiger partial charge in [-0.05, 0) is 25.7 Å². The zero-order valence-electron chi connectivity index (χ0n) is 10.6. The molecular formula is C11H24N2O3S. The summed E-state index contributed by atoms with van der Waals surface area (Å²) in [5.74, 6) is 0. The lowest BCUT2D eigenvalue weighted by molar-refractivity contribution is 0.161. The number of aliphatic hydroxyl groups excluding tert-OH is 1. The molecule has 0 aliphatic carbocycles. The van der Waals surface area contributed by atoms with E-state index >= 15 is 0 Å². The van der Waals surface area contributed by atoms with Crippen LogP contribution in [0, 0.1) is 0 Å². The van der Waals surface area contributed by atoms with Crippen molar-refractivity contribution in [2.75, 3.05) is 19.6 Å². The fourth-order valence-corrected chi connectivity index (χ4v) is 3.23. The molecule has 1 aliphatic rings. The SMILES string of the molecule is CCC(O)CCNS(=O)(=O)N1CCCCCC1. The second-order valence-corrected chi connectivity index (χ2v) is 6.32. The summed E-state index contributed by atoms with van der Waals surface area (Å²) < 4.78 is 28.0. The van der Waals surface area contributed by atoms with Crippen LogP contribution in [-0.4, -0.2) is 43.6 Å². The van der Waals surface area contributed by atoms with E-state index in [4.69, 9.17) is 0 Å². The molecule has 0 aromatic rings. The Kier molecular flexibility index (Phi) is 6.40. The van der Waals surface area contributed by atoms with Crippen LogP contribution in [0.4, 0.5) is 0 Å². The Balaban J connectivity index is 2.38. The lowest BCUT2D eigenvalue weighted by Crippen LogP contribution is -2.42. The summed E-state index contributed by atoms with van der Waals surface area (Å²) in [4.78, 5) is 0. The molecular weight excluding hydrogens is 240 g/mol. The minimum Gasteiger partial charge on any atom is -0.393 e. The maximum absolute atomic E-state index is 11.9. The van der Waals surface area contributed by atoms with Crippen LogP contribution in [0.15, 0.2) is 0 Å². The Morgan fingerprint density at radius 3 is 2.35 bits per heavy atom. The molecule has 1 heterocycles. The molecule has 1 fully saturated rings. The molecule has 5 nitrogen and oxygen atoms in total. The Morgan fingerprint density at radius 1 is 1.24 bits per heavy atom. The van der Waals surface area contributed by atoms with Crippen molar-refractivity contribution in [3.63, 3.8) is 0 Å². The van der Waals surface area contributed by atoms with E-state index in [2.05, 4.69) is 4.72 Å². The lowest BCUT2D eigenvalue weighted by Gasteiger charge is -2.20. The van der Waals surface area contributed by atoms with E-state index in [-0.39, 0.29) is 0 Å². The van der Waals surface area contributed by atoms with Gasteiger partial charge in [-0.15, -0.1) is 0 Å². The summed E-state index contributed by atoms with van der Waals surface area (Å²) in [6.45, 7) is 3.43. The fraction of sp³-hybridized carbons (Fsp3) is 1.00. The number of hydrogen-bond donors (Lipinski definition) is 2. The predicted molar refractivity (Wildman–Crippen MR) is 67.9 cm³/mol. The number of aliphatic hydroxyl groups is 1. The van der Waals surface area contributed by atoms with E-state index in [1.54, 1.807) is 0 Å². The molecule has 6 heteroatoms. The molecule has 0 bridgehead atoms. The molecule has 0 radical (unpaired) electrons. The number of rotatable bonds is 6. The van der Waals surface area contributed by atoms with Crippen molar-refractivity contribution < 1.29 is 13.5 Å². The molecule has 1 atom stereocenters. The van der Waals surface area contributed by atoms with Gasteiger partial charge in [-0.1, -0.05) is 19.8 Å². The molecule has 1 rings (SSSR count). The van der Waals surface area contributed by atoms with Crippen LogP contribution in [0.3, 0.4) is 0 Å². The van der Waals surface area contributed by atoms with E-state index in [9.17, 15) is 13.5 Å². The van der Waals surface area contributed by atoms with Gasteiger partial charge in [0.05, 0.1) is 6.10 Å². The molecule has 1 aliphatic heterocycles. The second-order valence-electron chi connectivity index (χ2n) is 4.56. The van der Waals surface area contributed by atoms with E-state index in [1.807, 2.05) is 6.92 Å². The smallest absolute Gasteiger partial charge is 0.279 e. The first-order valence-corrected chi connectivity index (χ1v) is 7.93. The summed E-state index contributed by atoms with van der Waals surface area (Å²) in [6.07, 6.45) is 4.83. The van der Waals surface area contributed by atoms with Crippen LogP contribution in [0.25, 0.3) is 0 Å². The maximum atomic E-state index is 11.9. The van der Waals surface area contributed by atoms with Crippen molar-refractivity contribution in [1.29, 1.82) is 0 Å². The number of nitrogens with one attached hydrogen (secondary N) is 1. The highest BCUT2D eigenvalue weighted by molar-refractivity contribution is 7.87. The van der Waals surface area contributed by atoms with Gasteiger partial charge in [0, 0.05) is 19.6 Å². The van der Waals surface area contributed by atoms with Gasteiger partial charge < -0.3 is 5.11 Å². The Bertz CT molecular complexity index is 298. The van der Waals surface area contributed by atoms with Crippen molar-refractivity contribution >= 4 is 10.2 Å². The highest BCUT2D eigenvalue weighted by atomic mass is 32.2. The Morgan fingerprint density at radius 2 is 1.82 bits per heavy atom. The fourth-order valence-electron chi connectivity index (χ4n) is 1.93. The summed E-state index contributed by atoms with van der Waals surface area (Å²) in [5, 5.41) is 9.36. The summed E-state index contributed by atoms with van der Waals surface area (Å²) in [7, 11) is -3.34. The third kappa shape index (κ3) is 5.33. The van der Waals surface area contributed by atoms with Crippen LogP contribution < -0.4 is 4.72 Å². The van der Waals surface area contributed by atoms with Crippen LogP contribution in [0.2, 0.25) is 0 Å². The second kappa shape index (κ2) is 7.31. The molecule has 2 N–H and O–H groups in total. The van der Waals surface area contributed by atoms with E-state index in [1.165, 1.54) is 4.31 Å². The molecule has 0 spiro atoms. The van der Waals surface area contributed by atoms with Crippen molar-refractivity contribution in [2.24, 2.45) is 0 Å². The van der Waals surface area contributed by atoms with Crippen LogP contribution in [0.1, 0.15) is 45.4 Å². The number of hydrogen-bond acceptors (Lipinski definition) is 3. The molecule has 17 heavy (non-hydrogen) atoms. The largest absolute Gasteiger partial charge is 0.393 e. The third-order valence-electron chi connectivity index (χ3n) is 3.14. The first-order chi connectivity index (χ1) is 8.06. The third-order valence-corrected chi connectivity index (χ3v) is 4.75. The molecule has 0 aromatic carbocycles. The van der Waals surface area contributed by atoms with Crippen molar-refractivity contribution in [2.45, 2.75) is 51.6 Å². The molecule has 1 saturated heterocycles. The molecule has 1 unspecified atom stereocenters. The topological polar surface area (TPSA) is 69.6 Å². The van der Waals surface area contributed by atoms with E-state index < -0.39 is 16.3 Å².